The lowest BCUT2D eigenvalue weighted by atomic mass is 9.43. The molecule has 2 N–H and O–H groups in total. The van der Waals surface area contributed by atoms with Gasteiger partial charge in [0, 0.05) is 17.3 Å². The van der Waals surface area contributed by atoms with Crippen molar-refractivity contribution in [2.45, 2.75) is 58.2 Å². The molecule has 0 radical (unpaired) electrons. The predicted molar refractivity (Wildman–Crippen MR) is 98.5 cm³/mol. The maximum absolute atomic E-state index is 16.9. The molecule has 3 fully saturated rings. The summed E-state index contributed by atoms with van der Waals surface area (Å²) in [7, 11) is 0. The lowest BCUT2D eigenvalue weighted by Gasteiger charge is -2.63. The molecule has 4 nitrogen and oxygen atoms in total. The Hall–Kier alpha value is -1.33. The normalized spacial score (nSPS) is 51.3. The molecule has 0 spiro atoms. The van der Waals surface area contributed by atoms with Crippen molar-refractivity contribution in [3.8, 4) is 0 Å². The van der Waals surface area contributed by atoms with Crippen LogP contribution in [0.4, 0.5) is 4.39 Å². The van der Waals surface area contributed by atoms with Crippen LogP contribution >= 0.6 is 0 Å². The van der Waals surface area contributed by atoms with Gasteiger partial charge < -0.3 is 10.2 Å². The second-order valence-electron chi connectivity index (χ2n) is 9.64. The van der Waals surface area contributed by atoms with Gasteiger partial charge in [0.05, 0.1) is 6.10 Å². The minimum absolute atomic E-state index is 0.0155. The largest absolute Gasteiger partial charge is 0.390 e. The van der Waals surface area contributed by atoms with Crippen LogP contribution in [0.1, 0.15) is 46.5 Å². The SMILES string of the molecule is C[C@H]1CC2C3CC[C@H](C(=O)CO)[C@@]3(C)C[C@H](O)[C@]2(F)[C@@]2(C)C=CC(=O)C=C12. The highest BCUT2D eigenvalue weighted by molar-refractivity contribution is 6.01. The number of aliphatic hydroxyl groups excluding tert-OH is 2. The van der Waals surface area contributed by atoms with Gasteiger partial charge in [-0.1, -0.05) is 25.5 Å². The topological polar surface area (TPSA) is 74.6 Å². The van der Waals surface area contributed by atoms with Crippen molar-refractivity contribution in [1.29, 1.82) is 0 Å². The van der Waals surface area contributed by atoms with Crippen LogP contribution < -0.4 is 0 Å². The number of alkyl halides is 1. The van der Waals surface area contributed by atoms with Gasteiger partial charge >= 0.3 is 0 Å². The van der Waals surface area contributed by atoms with E-state index >= 15 is 4.39 Å². The molecule has 0 saturated heterocycles. The van der Waals surface area contributed by atoms with E-state index in [0.717, 1.165) is 12.0 Å². The van der Waals surface area contributed by atoms with Gasteiger partial charge in [0.25, 0.3) is 0 Å². The van der Waals surface area contributed by atoms with Gasteiger partial charge in [0.2, 0.25) is 0 Å². The minimum Gasteiger partial charge on any atom is -0.390 e. The van der Waals surface area contributed by atoms with E-state index in [9.17, 15) is 19.8 Å². The molecule has 0 aromatic heterocycles. The van der Waals surface area contributed by atoms with E-state index in [4.69, 9.17) is 0 Å². The molecule has 0 bridgehead atoms. The third-order valence-electron chi connectivity index (χ3n) is 8.51. The lowest BCUT2D eigenvalue weighted by Crippen LogP contribution is -2.67. The zero-order valence-electron chi connectivity index (χ0n) is 16.2. The number of Topliss-reactive ketones (excluding diaryl/α,β-unsaturated/α-hetero) is 1. The summed E-state index contributed by atoms with van der Waals surface area (Å²) in [6.45, 7) is 5.33. The smallest absolute Gasteiger partial charge is 0.178 e. The van der Waals surface area contributed by atoms with E-state index in [2.05, 4.69) is 0 Å². The summed E-state index contributed by atoms with van der Waals surface area (Å²) in [5, 5.41) is 20.5. The van der Waals surface area contributed by atoms with Crippen LogP contribution in [0.25, 0.3) is 0 Å². The zero-order valence-corrected chi connectivity index (χ0v) is 16.2. The molecule has 4 rings (SSSR count). The standard InChI is InChI=1S/C22H29FO4/c1-12-8-17-14-4-5-15(18(26)11-24)20(14,2)10-19(27)22(17,23)21(3)7-6-13(25)9-16(12)21/h6-7,9,12,14-15,17,19,24,27H,4-5,8,10-11H2,1-3H3/t12-,14?,15+,17?,19-,20-,21-,22-/m0/s1. The van der Waals surface area contributed by atoms with Crippen molar-refractivity contribution < 1.29 is 24.2 Å². The van der Waals surface area contributed by atoms with Crippen LogP contribution in [0, 0.1) is 34.5 Å². The Morgan fingerprint density at radius 2 is 2.00 bits per heavy atom. The summed E-state index contributed by atoms with van der Waals surface area (Å²) in [4.78, 5) is 24.3. The summed E-state index contributed by atoms with van der Waals surface area (Å²) in [5.41, 5.74) is -2.59. The Kier molecular flexibility index (Phi) is 4.11. The summed E-state index contributed by atoms with van der Waals surface area (Å²) in [6, 6.07) is 0. The molecule has 0 aliphatic heterocycles. The fourth-order valence-electron chi connectivity index (χ4n) is 7.24. The first-order valence-corrected chi connectivity index (χ1v) is 10.1. The van der Waals surface area contributed by atoms with Crippen LogP contribution in [-0.2, 0) is 9.59 Å². The van der Waals surface area contributed by atoms with Gasteiger partial charge in [-0.3, -0.25) is 9.59 Å². The summed E-state index contributed by atoms with van der Waals surface area (Å²) < 4.78 is 16.9. The van der Waals surface area contributed by atoms with Crippen LogP contribution in [0.15, 0.2) is 23.8 Å². The van der Waals surface area contributed by atoms with Crippen LogP contribution in [0.3, 0.4) is 0 Å². The van der Waals surface area contributed by atoms with Crippen molar-refractivity contribution in [1.82, 2.24) is 0 Å². The monoisotopic (exact) mass is 376 g/mol. The van der Waals surface area contributed by atoms with Crippen LogP contribution in [0.5, 0.6) is 0 Å². The Morgan fingerprint density at radius 1 is 1.30 bits per heavy atom. The number of halogens is 1. The van der Waals surface area contributed by atoms with E-state index < -0.39 is 29.2 Å². The third kappa shape index (κ3) is 2.21. The fourth-order valence-corrected chi connectivity index (χ4v) is 7.24. The first-order chi connectivity index (χ1) is 12.6. The fraction of sp³-hybridized carbons (Fsp3) is 0.727. The highest BCUT2D eigenvalue weighted by atomic mass is 19.1. The molecule has 4 aliphatic carbocycles. The number of rotatable bonds is 2. The molecule has 27 heavy (non-hydrogen) atoms. The van der Waals surface area contributed by atoms with Crippen molar-refractivity contribution in [2.24, 2.45) is 34.5 Å². The maximum atomic E-state index is 16.9. The number of carbonyl (C=O) groups is 2. The Morgan fingerprint density at radius 3 is 2.67 bits per heavy atom. The van der Waals surface area contributed by atoms with Gasteiger partial charge in [0.1, 0.15) is 6.61 Å². The van der Waals surface area contributed by atoms with E-state index in [-0.39, 0.29) is 41.7 Å². The van der Waals surface area contributed by atoms with Crippen LogP contribution in [0.2, 0.25) is 0 Å². The van der Waals surface area contributed by atoms with Crippen LogP contribution in [-0.4, -0.2) is 40.2 Å². The van der Waals surface area contributed by atoms with Gasteiger partial charge in [-0.15, -0.1) is 0 Å². The Balaban J connectivity index is 1.81. The molecule has 8 atom stereocenters. The Bertz CT molecular complexity index is 757. The van der Waals surface area contributed by atoms with E-state index in [1.807, 2.05) is 20.8 Å². The first-order valence-electron chi connectivity index (χ1n) is 10.1. The van der Waals surface area contributed by atoms with Gasteiger partial charge in [-0.25, -0.2) is 4.39 Å². The molecule has 2 unspecified atom stereocenters. The molecule has 5 heteroatoms. The number of hydrogen-bond donors (Lipinski definition) is 2. The molecule has 148 valence electrons. The molecular weight excluding hydrogens is 347 g/mol. The number of fused-ring (bicyclic) bond motifs is 5. The highest BCUT2D eigenvalue weighted by Gasteiger charge is 2.71. The summed E-state index contributed by atoms with van der Waals surface area (Å²) in [5.74, 6) is -0.996. The number of carbonyl (C=O) groups excluding carboxylic acids is 2. The minimum atomic E-state index is -1.86. The summed E-state index contributed by atoms with van der Waals surface area (Å²) in [6.07, 6.45) is 5.57. The second kappa shape index (κ2) is 5.84. The van der Waals surface area contributed by atoms with Crippen molar-refractivity contribution >= 4 is 11.6 Å². The molecule has 0 heterocycles. The van der Waals surface area contributed by atoms with Crippen molar-refractivity contribution in [2.75, 3.05) is 6.61 Å². The Labute approximate surface area is 159 Å². The lowest BCUT2D eigenvalue weighted by molar-refractivity contribution is -0.200. The molecule has 0 amide bonds. The predicted octanol–water partition coefficient (Wildman–Crippen LogP) is 2.78. The molecular formula is C22H29FO4. The first kappa shape index (κ1) is 19.0. The average Bonchev–Trinajstić information content (AvgIpc) is 2.95. The molecule has 0 aromatic carbocycles. The summed E-state index contributed by atoms with van der Waals surface area (Å²) >= 11 is 0. The molecule has 3 saturated carbocycles. The van der Waals surface area contributed by atoms with E-state index in [1.54, 1.807) is 12.2 Å². The van der Waals surface area contributed by atoms with E-state index in [1.165, 1.54) is 6.08 Å². The maximum Gasteiger partial charge on any atom is 0.178 e. The highest BCUT2D eigenvalue weighted by Crippen LogP contribution is 2.69. The number of hydrogen-bond acceptors (Lipinski definition) is 4. The van der Waals surface area contributed by atoms with Crippen molar-refractivity contribution in [3.05, 3.63) is 23.8 Å². The third-order valence-corrected chi connectivity index (χ3v) is 8.51. The second-order valence-corrected chi connectivity index (χ2v) is 9.64. The van der Waals surface area contributed by atoms with Crippen molar-refractivity contribution in [3.63, 3.8) is 0 Å². The van der Waals surface area contributed by atoms with Gasteiger partial charge in [0.15, 0.2) is 17.2 Å². The average molecular weight is 376 g/mol. The van der Waals surface area contributed by atoms with Gasteiger partial charge in [-0.05, 0) is 62.0 Å². The van der Waals surface area contributed by atoms with Gasteiger partial charge in [-0.2, -0.15) is 0 Å². The number of ketones is 2. The number of aliphatic hydroxyl groups is 2. The quantitative estimate of drug-likeness (QED) is 0.777. The number of allylic oxidation sites excluding steroid dienone is 4. The van der Waals surface area contributed by atoms with E-state index in [0.29, 0.717) is 12.8 Å². The zero-order chi connectivity index (χ0) is 19.8. The molecule has 0 aromatic rings. The molecule has 4 aliphatic rings.